The molecule has 1 N–H and O–H groups in total. The molecule has 3 aromatic carbocycles. The lowest BCUT2D eigenvalue weighted by Crippen LogP contribution is -2.20. The van der Waals surface area contributed by atoms with E-state index < -0.39 is 4.92 Å². The van der Waals surface area contributed by atoms with Gasteiger partial charge >= 0.3 is 0 Å². The van der Waals surface area contributed by atoms with E-state index in [4.69, 9.17) is 0 Å². The van der Waals surface area contributed by atoms with Crippen molar-refractivity contribution in [2.75, 3.05) is 5.75 Å². The minimum atomic E-state index is -0.495. The number of benzene rings is 3. The molecule has 0 saturated heterocycles. The molecule has 0 aliphatic heterocycles. The van der Waals surface area contributed by atoms with Gasteiger partial charge in [0.15, 0.2) is 11.0 Å². The number of aryl methyl sites for hydroxylation is 1. The average Bonchev–Trinajstić information content (AvgIpc) is 3.31. The highest BCUT2D eigenvalue weighted by atomic mass is 32.2. The summed E-state index contributed by atoms with van der Waals surface area (Å²) in [7, 11) is 0. The third kappa shape index (κ3) is 6.33. The Hall–Kier alpha value is -4.31. The number of nitro groups is 1. The van der Waals surface area contributed by atoms with Crippen LogP contribution in [0.25, 0.3) is 17.1 Å². The van der Waals surface area contributed by atoms with E-state index in [1.165, 1.54) is 29.6 Å². The maximum atomic E-state index is 12.5. The van der Waals surface area contributed by atoms with Crippen LogP contribution in [-0.4, -0.2) is 37.6 Å². The Morgan fingerprint density at radius 3 is 2.39 bits per heavy atom. The standard InChI is InChI=1S/C28H28N6O3S/c1-19-9-15-23(16-10-19)33-26(20-11-13-22(14-12-20)28(2,3)4)31-32-27(33)38-18-25(35)30-29-17-21-7-5-6-8-24(21)34(36)37/h5-17H,18H2,1-4H3,(H,30,35). The van der Waals surface area contributed by atoms with Gasteiger partial charge in [-0.15, -0.1) is 10.2 Å². The molecule has 10 heteroatoms. The van der Waals surface area contributed by atoms with Crippen LogP contribution in [0.15, 0.2) is 83.1 Å². The summed E-state index contributed by atoms with van der Waals surface area (Å²) in [5.74, 6) is 0.326. The molecule has 1 amide bonds. The van der Waals surface area contributed by atoms with Crippen molar-refractivity contribution >= 4 is 29.6 Å². The molecule has 1 heterocycles. The Morgan fingerprint density at radius 2 is 1.74 bits per heavy atom. The number of hydrogen-bond donors (Lipinski definition) is 1. The van der Waals surface area contributed by atoms with E-state index in [1.54, 1.807) is 18.2 Å². The van der Waals surface area contributed by atoms with Crippen molar-refractivity contribution in [1.29, 1.82) is 0 Å². The molecular formula is C28H28N6O3S. The highest BCUT2D eigenvalue weighted by Crippen LogP contribution is 2.30. The van der Waals surface area contributed by atoms with Gasteiger partial charge in [0.2, 0.25) is 0 Å². The summed E-state index contributed by atoms with van der Waals surface area (Å²) in [5, 5.41) is 24.4. The number of nitro benzene ring substituents is 1. The van der Waals surface area contributed by atoms with Crippen LogP contribution in [0, 0.1) is 17.0 Å². The number of carbonyl (C=O) groups is 1. The van der Waals surface area contributed by atoms with Gasteiger partial charge in [0.05, 0.1) is 22.5 Å². The number of nitrogens with one attached hydrogen (secondary N) is 1. The van der Waals surface area contributed by atoms with Crippen molar-refractivity contribution in [3.05, 3.63) is 99.6 Å². The van der Waals surface area contributed by atoms with Gasteiger partial charge in [-0.3, -0.25) is 19.5 Å². The first-order chi connectivity index (χ1) is 18.1. The second-order valence-electron chi connectivity index (χ2n) is 9.70. The zero-order valence-corrected chi connectivity index (χ0v) is 22.4. The molecular weight excluding hydrogens is 500 g/mol. The third-order valence-corrected chi connectivity index (χ3v) is 6.72. The van der Waals surface area contributed by atoms with Gasteiger partial charge in [-0.05, 0) is 36.1 Å². The number of hydrogen-bond acceptors (Lipinski definition) is 7. The number of amides is 1. The van der Waals surface area contributed by atoms with E-state index in [0.29, 0.717) is 16.5 Å². The molecule has 9 nitrogen and oxygen atoms in total. The molecule has 4 aromatic rings. The number of thioether (sulfide) groups is 1. The molecule has 0 fully saturated rings. The van der Waals surface area contributed by atoms with Crippen LogP contribution in [0.3, 0.4) is 0 Å². The van der Waals surface area contributed by atoms with Crippen molar-refractivity contribution in [1.82, 2.24) is 20.2 Å². The Balaban J connectivity index is 1.54. The van der Waals surface area contributed by atoms with Crippen molar-refractivity contribution < 1.29 is 9.72 Å². The van der Waals surface area contributed by atoms with Crippen LogP contribution in [0.1, 0.15) is 37.5 Å². The van der Waals surface area contributed by atoms with Gasteiger partial charge < -0.3 is 0 Å². The molecule has 194 valence electrons. The Kier molecular flexibility index (Phi) is 8.02. The fraction of sp³-hybridized carbons (Fsp3) is 0.214. The van der Waals surface area contributed by atoms with Crippen molar-refractivity contribution in [2.45, 2.75) is 38.3 Å². The Bertz CT molecular complexity index is 1470. The van der Waals surface area contributed by atoms with Crippen molar-refractivity contribution in [3.63, 3.8) is 0 Å². The lowest BCUT2D eigenvalue weighted by molar-refractivity contribution is -0.385. The topological polar surface area (TPSA) is 115 Å². The Labute approximate surface area is 225 Å². The molecule has 0 atom stereocenters. The SMILES string of the molecule is Cc1ccc(-n2c(SCC(=O)NN=Cc3ccccc3[N+](=O)[O-])nnc2-c2ccc(C(C)(C)C)cc2)cc1. The van der Waals surface area contributed by atoms with Gasteiger partial charge in [-0.1, -0.05) is 86.6 Å². The summed E-state index contributed by atoms with van der Waals surface area (Å²) >= 11 is 1.23. The smallest absolute Gasteiger partial charge is 0.272 e. The van der Waals surface area contributed by atoms with Gasteiger partial charge in [0.1, 0.15) is 0 Å². The molecule has 4 rings (SSSR count). The molecule has 0 spiro atoms. The molecule has 0 aliphatic rings. The maximum Gasteiger partial charge on any atom is 0.278 e. The summed E-state index contributed by atoms with van der Waals surface area (Å²) in [6.45, 7) is 8.53. The summed E-state index contributed by atoms with van der Waals surface area (Å²) in [5.41, 5.74) is 6.81. The number of para-hydroxylation sites is 1. The fourth-order valence-electron chi connectivity index (χ4n) is 3.70. The van der Waals surface area contributed by atoms with Crippen LogP contribution in [0.2, 0.25) is 0 Å². The summed E-state index contributed by atoms with van der Waals surface area (Å²) in [6.07, 6.45) is 1.26. The van der Waals surface area contributed by atoms with Crippen LogP contribution < -0.4 is 5.43 Å². The van der Waals surface area contributed by atoms with E-state index in [9.17, 15) is 14.9 Å². The van der Waals surface area contributed by atoms with E-state index in [1.807, 2.05) is 47.9 Å². The van der Waals surface area contributed by atoms with Crippen molar-refractivity contribution in [2.24, 2.45) is 5.10 Å². The highest BCUT2D eigenvalue weighted by Gasteiger charge is 2.19. The molecule has 0 aliphatic carbocycles. The maximum absolute atomic E-state index is 12.5. The van der Waals surface area contributed by atoms with Crippen LogP contribution in [0.4, 0.5) is 5.69 Å². The first-order valence-corrected chi connectivity index (χ1v) is 12.9. The molecule has 0 unspecified atom stereocenters. The van der Waals surface area contributed by atoms with Crippen molar-refractivity contribution in [3.8, 4) is 17.1 Å². The molecule has 0 radical (unpaired) electrons. The van der Waals surface area contributed by atoms with Crippen LogP contribution in [0.5, 0.6) is 0 Å². The van der Waals surface area contributed by atoms with E-state index in [0.717, 1.165) is 16.8 Å². The average molecular weight is 529 g/mol. The van der Waals surface area contributed by atoms with Gasteiger partial charge in [-0.2, -0.15) is 5.10 Å². The largest absolute Gasteiger partial charge is 0.278 e. The predicted octanol–water partition coefficient (Wildman–Crippen LogP) is 5.69. The lowest BCUT2D eigenvalue weighted by atomic mass is 9.87. The number of rotatable bonds is 8. The molecule has 1 aromatic heterocycles. The number of carbonyl (C=O) groups excluding carboxylic acids is 1. The second-order valence-corrected chi connectivity index (χ2v) is 10.6. The first-order valence-electron chi connectivity index (χ1n) is 11.9. The minimum absolute atomic E-state index is 0.0289. The number of aromatic nitrogens is 3. The third-order valence-electron chi connectivity index (χ3n) is 5.79. The zero-order valence-electron chi connectivity index (χ0n) is 21.6. The highest BCUT2D eigenvalue weighted by molar-refractivity contribution is 7.99. The summed E-state index contributed by atoms with van der Waals surface area (Å²) < 4.78 is 1.93. The monoisotopic (exact) mass is 528 g/mol. The van der Waals surface area contributed by atoms with Crippen LogP contribution in [-0.2, 0) is 10.2 Å². The molecule has 38 heavy (non-hydrogen) atoms. The van der Waals surface area contributed by atoms with Gasteiger partial charge in [0.25, 0.3) is 11.6 Å². The number of nitrogens with zero attached hydrogens (tertiary/aromatic N) is 5. The van der Waals surface area contributed by atoms with Gasteiger partial charge in [-0.25, -0.2) is 5.43 Å². The summed E-state index contributed by atoms with van der Waals surface area (Å²) in [4.78, 5) is 23.1. The number of hydrazone groups is 1. The first kappa shape index (κ1) is 26.7. The normalized spacial score (nSPS) is 11.6. The molecule has 0 bridgehead atoms. The lowest BCUT2D eigenvalue weighted by Gasteiger charge is -2.19. The zero-order chi connectivity index (χ0) is 27.3. The predicted molar refractivity (Wildman–Crippen MR) is 150 cm³/mol. The van der Waals surface area contributed by atoms with E-state index in [2.05, 4.69) is 53.6 Å². The quantitative estimate of drug-likeness (QED) is 0.136. The van der Waals surface area contributed by atoms with E-state index in [-0.39, 0.29) is 22.8 Å². The second kappa shape index (κ2) is 11.4. The molecule has 0 saturated carbocycles. The Morgan fingerprint density at radius 1 is 1.05 bits per heavy atom. The van der Waals surface area contributed by atoms with Gasteiger partial charge in [0, 0.05) is 17.3 Å². The van der Waals surface area contributed by atoms with Crippen LogP contribution >= 0.6 is 11.8 Å². The fourth-order valence-corrected chi connectivity index (χ4v) is 4.44. The van der Waals surface area contributed by atoms with E-state index >= 15 is 0 Å². The summed E-state index contributed by atoms with van der Waals surface area (Å²) in [6, 6.07) is 22.5. The minimum Gasteiger partial charge on any atom is -0.272 e.